The number of carbonyl (C=O) groups is 1. The number of ether oxygens (including phenoxy) is 1. The van der Waals surface area contributed by atoms with Crippen molar-refractivity contribution in [3.8, 4) is 5.75 Å². The Labute approximate surface area is 183 Å². The second kappa shape index (κ2) is 9.40. The van der Waals surface area contributed by atoms with E-state index < -0.39 is 16.1 Å². The van der Waals surface area contributed by atoms with Gasteiger partial charge in [0, 0.05) is 19.6 Å². The number of carbonyl (C=O) groups excluding carboxylic acids is 1. The normalized spacial score (nSPS) is 20.9. The lowest BCUT2D eigenvalue weighted by Gasteiger charge is -2.34. The number of rotatable bonds is 5. The molecule has 0 aliphatic carbocycles. The molecule has 4 rings (SSSR count). The molecule has 2 aliphatic rings. The second-order valence-corrected chi connectivity index (χ2v) is 10.1. The molecule has 2 fully saturated rings. The molecule has 1 unspecified atom stereocenters. The summed E-state index contributed by atoms with van der Waals surface area (Å²) < 4.78 is 33.6. The predicted octanol–water partition coefficient (Wildman–Crippen LogP) is 3.35. The van der Waals surface area contributed by atoms with Crippen molar-refractivity contribution in [3.05, 3.63) is 41.7 Å². The van der Waals surface area contributed by atoms with E-state index in [0.717, 1.165) is 51.6 Å². The van der Waals surface area contributed by atoms with E-state index in [2.05, 4.69) is 10.2 Å². The Morgan fingerprint density at radius 3 is 2.39 bits per heavy atom. The van der Waals surface area contributed by atoms with E-state index in [4.69, 9.17) is 4.74 Å². The summed E-state index contributed by atoms with van der Waals surface area (Å²) in [6, 6.07) is 5.99. The van der Waals surface area contributed by atoms with Crippen LogP contribution in [-0.4, -0.2) is 60.5 Å². The zero-order valence-corrected chi connectivity index (χ0v) is 18.7. The SMILES string of the molecule is COc1ccc(S(=O)(=O)N2CCCCC2c2[nH]ncc2C(=O)N2CCCCCC2)cc1. The lowest BCUT2D eigenvalue weighted by Crippen LogP contribution is -2.40. The van der Waals surface area contributed by atoms with Gasteiger partial charge in [0.25, 0.3) is 5.91 Å². The molecule has 1 atom stereocenters. The van der Waals surface area contributed by atoms with Crippen molar-refractivity contribution in [2.24, 2.45) is 0 Å². The van der Waals surface area contributed by atoms with E-state index >= 15 is 0 Å². The van der Waals surface area contributed by atoms with Gasteiger partial charge < -0.3 is 9.64 Å². The van der Waals surface area contributed by atoms with Crippen LogP contribution in [0, 0.1) is 0 Å². The van der Waals surface area contributed by atoms with Crippen LogP contribution >= 0.6 is 0 Å². The van der Waals surface area contributed by atoms with Crippen LogP contribution < -0.4 is 4.74 Å². The Bertz CT molecular complexity index is 995. The minimum atomic E-state index is -3.73. The summed E-state index contributed by atoms with van der Waals surface area (Å²) in [5.74, 6) is 0.547. The largest absolute Gasteiger partial charge is 0.497 e. The number of sulfonamides is 1. The maximum atomic E-state index is 13.5. The molecule has 1 N–H and O–H groups in total. The van der Waals surface area contributed by atoms with E-state index in [0.29, 0.717) is 30.0 Å². The fourth-order valence-corrected chi connectivity index (χ4v) is 6.20. The summed E-state index contributed by atoms with van der Waals surface area (Å²) in [6.07, 6.45) is 8.16. The third-order valence-corrected chi connectivity index (χ3v) is 8.17. The number of likely N-dealkylation sites (tertiary alicyclic amines) is 1. The summed E-state index contributed by atoms with van der Waals surface area (Å²) in [4.78, 5) is 15.4. The molecule has 2 aliphatic heterocycles. The molecule has 0 spiro atoms. The van der Waals surface area contributed by atoms with Gasteiger partial charge in [0.05, 0.1) is 35.5 Å². The van der Waals surface area contributed by atoms with Crippen LogP contribution in [0.2, 0.25) is 0 Å². The van der Waals surface area contributed by atoms with Crippen molar-refractivity contribution >= 4 is 15.9 Å². The lowest BCUT2D eigenvalue weighted by molar-refractivity contribution is 0.0758. The zero-order valence-electron chi connectivity index (χ0n) is 17.9. The Hall–Kier alpha value is -2.39. The number of hydrogen-bond donors (Lipinski definition) is 1. The fraction of sp³-hybridized carbons (Fsp3) is 0.545. The molecule has 1 amide bonds. The van der Waals surface area contributed by atoms with Gasteiger partial charge in [0.15, 0.2) is 0 Å². The number of H-pyrrole nitrogens is 1. The van der Waals surface area contributed by atoms with Gasteiger partial charge in [0.2, 0.25) is 10.0 Å². The average Bonchev–Trinajstić information content (AvgIpc) is 3.13. The number of benzene rings is 1. The standard InChI is InChI=1S/C22H30N4O4S/c1-30-17-9-11-18(12-10-17)31(28,29)26-15-7-4-8-20(26)21-19(16-23-24-21)22(27)25-13-5-2-3-6-14-25/h9-12,16,20H,2-8,13-15H2,1H3,(H,23,24). The minimum absolute atomic E-state index is 0.0574. The molecular formula is C22H30N4O4S. The molecule has 2 saturated heterocycles. The Kier molecular flexibility index (Phi) is 6.62. The van der Waals surface area contributed by atoms with Gasteiger partial charge in [-0.2, -0.15) is 9.40 Å². The first-order chi connectivity index (χ1) is 15.0. The van der Waals surface area contributed by atoms with Gasteiger partial charge in [-0.15, -0.1) is 0 Å². The molecule has 0 saturated carbocycles. The number of nitrogens with zero attached hydrogens (tertiary/aromatic N) is 3. The Morgan fingerprint density at radius 2 is 1.71 bits per heavy atom. The fourth-order valence-electron chi connectivity index (χ4n) is 4.53. The highest BCUT2D eigenvalue weighted by atomic mass is 32.2. The predicted molar refractivity (Wildman–Crippen MR) is 116 cm³/mol. The number of nitrogens with one attached hydrogen (secondary N) is 1. The number of hydrogen-bond acceptors (Lipinski definition) is 5. The van der Waals surface area contributed by atoms with E-state index in [-0.39, 0.29) is 10.8 Å². The Morgan fingerprint density at radius 1 is 1.03 bits per heavy atom. The topological polar surface area (TPSA) is 95.6 Å². The van der Waals surface area contributed by atoms with Crippen LogP contribution in [-0.2, 0) is 10.0 Å². The summed E-state index contributed by atoms with van der Waals surface area (Å²) in [5, 5.41) is 7.10. The van der Waals surface area contributed by atoms with Gasteiger partial charge in [-0.3, -0.25) is 9.89 Å². The van der Waals surface area contributed by atoms with Crippen molar-refractivity contribution in [2.45, 2.75) is 55.9 Å². The summed E-state index contributed by atoms with van der Waals surface area (Å²) >= 11 is 0. The van der Waals surface area contributed by atoms with Crippen molar-refractivity contribution in [3.63, 3.8) is 0 Å². The summed E-state index contributed by atoms with van der Waals surface area (Å²) in [5.41, 5.74) is 1.09. The Balaban J connectivity index is 1.64. The molecule has 8 nitrogen and oxygen atoms in total. The average molecular weight is 447 g/mol. The van der Waals surface area contributed by atoms with Gasteiger partial charge in [0.1, 0.15) is 5.75 Å². The second-order valence-electron chi connectivity index (χ2n) is 8.21. The van der Waals surface area contributed by atoms with Crippen LogP contribution in [0.3, 0.4) is 0 Å². The van der Waals surface area contributed by atoms with E-state index in [9.17, 15) is 13.2 Å². The lowest BCUT2D eigenvalue weighted by atomic mass is 9.99. The number of amides is 1. The molecule has 31 heavy (non-hydrogen) atoms. The zero-order chi connectivity index (χ0) is 21.8. The number of aromatic nitrogens is 2. The molecule has 9 heteroatoms. The molecule has 0 radical (unpaired) electrons. The van der Waals surface area contributed by atoms with Crippen molar-refractivity contribution < 1.29 is 17.9 Å². The molecule has 168 valence electrons. The molecule has 1 aromatic carbocycles. The summed E-state index contributed by atoms with van der Waals surface area (Å²) in [6.45, 7) is 1.89. The molecule has 1 aromatic heterocycles. The highest BCUT2D eigenvalue weighted by Gasteiger charge is 2.37. The van der Waals surface area contributed by atoms with Crippen molar-refractivity contribution in [2.75, 3.05) is 26.7 Å². The van der Waals surface area contributed by atoms with Gasteiger partial charge in [-0.05, 0) is 49.9 Å². The van der Waals surface area contributed by atoms with Crippen LogP contribution in [0.1, 0.15) is 67.0 Å². The van der Waals surface area contributed by atoms with E-state index in [1.807, 2.05) is 4.90 Å². The van der Waals surface area contributed by atoms with Crippen LogP contribution in [0.15, 0.2) is 35.4 Å². The summed E-state index contributed by atoms with van der Waals surface area (Å²) in [7, 11) is -2.18. The highest BCUT2D eigenvalue weighted by molar-refractivity contribution is 7.89. The third kappa shape index (κ3) is 4.48. The van der Waals surface area contributed by atoms with Crippen LogP contribution in [0.5, 0.6) is 5.75 Å². The van der Waals surface area contributed by atoms with Crippen LogP contribution in [0.25, 0.3) is 0 Å². The van der Waals surface area contributed by atoms with Gasteiger partial charge in [-0.1, -0.05) is 19.3 Å². The quantitative estimate of drug-likeness (QED) is 0.760. The van der Waals surface area contributed by atoms with E-state index in [1.165, 1.54) is 4.31 Å². The van der Waals surface area contributed by atoms with Crippen molar-refractivity contribution in [1.82, 2.24) is 19.4 Å². The van der Waals surface area contributed by atoms with Gasteiger partial charge >= 0.3 is 0 Å². The molecule has 3 heterocycles. The number of aromatic amines is 1. The first-order valence-corrected chi connectivity index (χ1v) is 12.4. The minimum Gasteiger partial charge on any atom is -0.497 e. The molecular weight excluding hydrogens is 416 g/mol. The first-order valence-electron chi connectivity index (χ1n) is 11.0. The van der Waals surface area contributed by atoms with Gasteiger partial charge in [-0.25, -0.2) is 8.42 Å². The van der Waals surface area contributed by atoms with Crippen molar-refractivity contribution in [1.29, 1.82) is 0 Å². The third-order valence-electron chi connectivity index (χ3n) is 6.25. The highest BCUT2D eigenvalue weighted by Crippen LogP contribution is 2.36. The number of piperidine rings is 1. The number of methoxy groups -OCH3 is 1. The van der Waals surface area contributed by atoms with Crippen LogP contribution in [0.4, 0.5) is 0 Å². The smallest absolute Gasteiger partial charge is 0.257 e. The first kappa shape index (κ1) is 21.8. The maximum Gasteiger partial charge on any atom is 0.257 e. The maximum absolute atomic E-state index is 13.5. The molecule has 2 aromatic rings. The van der Waals surface area contributed by atoms with E-state index in [1.54, 1.807) is 37.6 Å². The monoisotopic (exact) mass is 446 g/mol. The molecule has 0 bridgehead atoms.